The number of ether oxygens (including phenoxy) is 1. The summed E-state index contributed by atoms with van der Waals surface area (Å²) >= 11 is 0. The Kier molecular flexibility index (Phi) is 4.95. The van der Waals surface area contributed by atoms with Crippen molar-refractivity contribution in [3.63, 3.8) is 0 Å². The Morgan fingerprint density at radius 1 is 1.11 bits per heavy atom. The zero-order chi connectivity index (χ0) is 24.1. The van der Waals surface area contributed by atoms with E-state index in [9.17, 15) is 0 Å². The van der Waals surface area contributed by atoms with E-state index < -0.39 is 0 Å². The highest BCUT2D eigenvalue weighted by Crippen LogP contribution is 2.42. The molecule has 3 aromatic heterocycles. The molecule has 0 radical (unpaired) electrons. The Balaban J connectivity index is 1.61. The number of nitrogens with one attached hydrogen (secondary N) is 1. The van der Waals surface area contributed by atoms with Crippen molar-refractivity contribution in [2.45, 2.75) is 40.7 Å². The first-order valence-corrected chi connectivity index (χ1v) is 11.7. The molecule has 0 saturated carbocycles. The Bertz CT molecular complexity index is 1610. The van der Waals surface area contributed by atoms with E-state index in [2.05, 4.69) is 75.2 Å². The van der Waals surface area contributed by atoms with Crippen LogP contribution in [0.25, 0.3) is 28.0 Å². The van der Waals surface area contributed by atoms with E-state index >= 15 is 0 Å². The van der Waals surface area contributed by atoms with E-state index in [4.69, 9.17) is 9.72 Å². The molecule has 0 saturated heterocycles. The first-order valence-electron chi connectivity index (χ1n) is 11.7. The molecule has 0 bridgehead atoms. The van der Waals surface area contributed by atoms with Crippen LogP contribution in [0.5, 0.6) is 5.75 Å². The second-order valence-corrected chi connectivity index (χ2v) is 8.83. The fourth-order valence-corrected chi connectivity index (χ4v) is 4.92. The lowest BCUT2D eigenvalue weighted by atomic mass is 9.88. The lowest BCUT2D eigenvalue weighted by Crippen LogP contribution is -2.04. The molecule has 2 aromatic carbocycles. The monoisotopic (exact) mass is 463 g/mol. The largest absolute Gasteiger partial charge is 0.488 e. The van der Waals surface area contributed by atoms with Gasteiger partial charge in [0.1, 0.15) is 23.7 Å². The fraction of sp³-hybridized carbons (Fsp3) is 0.222. The van der Waals surface area contributed by atoms with Crippen LogP contribution in [0.4, 0.5) is 0 Å². The van der Waals surface area contributed by atoms with E-state index in [1.54, 1.807) is 0 Å². The van der Waals surface area contributed by atoms with Gasteiger partial charge in [-0.3, -0.25) is 4.57 Å². The quantitative estimate of drug-likeness (QED) is 0.405. The SMILES string of the molecule is CCc1nc2c(C)ccnc2n1-c1ccc2c(c1)COc1cccc(C)c1/C2=C(/C)c1nn[nH]n1. The highest BCUT2D eigenvalue weighted by Gasteiger charge is 2.25. The van der Waals surface area contributed by atoms with Gasteiger partial charge in [0.25, 0.3) is 0 Å². The first kappa shape index (κ1) is 21.2. The number of hydrogen-bond donors (Lipinski definition) is 1. The van der Waals surface area contributed by atoms with E-state index in [1.807, 2.05) is 31.3 Å². The minimum atomic E-state index is 0.448. The van der Waals surface area contributed by atoms with Gasteiger partial charge in [-0.25, -0.2) is 9.97 Å². The number of benzene rings is 2. The Labute approximate surface area is 202 Å². The molecule has 8 nitrogen and oxygen atoms in total. The van der Waals surface area contributed by atoms with Crippen LogP contribution in [-0.2, 0) is 13.0 Å². The zero-order valence-electron chi connectivity index (χ0n) is 20.1. The third kappa shape index (κ3) is 3.32. The van der Waals surface area contributed by atoms with Gasteiger partial charge in [-0.05, 0) is 72.5 Å². The van der Waals surface area contributed by atoms with Crippen LogP contribution in [0.15, 0.2) is 48.7 Å². The minimum Gasteiger partial charge on any atom is -0.488 e. The van der Waals surface area contributed by atoms with Gasteiger partial charge < -0.3 is 4.74 Å². The Morgan fingerprint density at radius 2 is 2.00 bits per heavy atom. The number of aryl methyl sites for hydroxylation is 3. The number of rotatable bonds is 3. The topological polar surface area (TPSA) is 94.4 Å². The number of nitrogens with zero attached hydrogens (tertiary/aromatic N) is 6. The zero-order valence-corrected chi connectivity index (χ0v) is 20.1. The highest BCUT2D eigenvalue weighted by molar-refractivity contribution is 6.00. The molecule has 1 aliphatic heterocycles. The molecule has 6 rings (SSSR count). The normalized spacial score (nSPS) is 14.3. The summed E-state index contributed by atoms with van der Waals surface area (Å²) in [5.41, 5.74) is 10.3. The number of aromatic amines is 1. The van der Waals surface area contributed by atoms with Crippen molar-refractivity contribution in [3.8, 4) is 11.4 Å². The van der Waals surface area contributed by atoms with Crippen LogP contribution in [0, 0.1) is 13.8 Å². The predicted molar refractivity (Wildman–Crippen MR) is 134 cm³/mol. The van der Waals surface area contributed by atoms with Gasteiger partial charge in [0, 0.05) is 35.0 Å². The number of imidazole rings is 1. The predicted octanol–water partition coefficient (Wildman–Crippen LogP) is 4.98. The van der Waals surface area contributed by atoms with Gasteiger partial charge in [0.05, 0.1) is 0 Å². The summed E-state index contributed by atoms with van der Waals surface area (Å²) in [5, 5.41) is 14.9. The van der Waals surface area contributed by atoms with Crippen LogP contribution < -0.4 is 4.74 Å². The van der Waals surface area contributed by atoms with Crippen molar-refractivity contribution >= 4 is 22.3 Å². The number of hydrogen-bond acceptors (Lipinski definition) is 6. The molecule has 0 spiro atoms. The lowest BCUT2D eigenvalue weighted by Gasteiger charge is -2.16. The van der Waals surface area contributed by atoms with Crippen LogP contribution in [0.3, 0.4) is 0 Å². The maximum Gasteiger partial charge on any atom is 0.201 e. The van der Waals surface area contributed by atoms with Crippen molar-refractivity contribution in [2.75, 3.05) is 0 Å². The minimum absolute atomic E-state index is 0.448. The summed E-state index contributed by atoms with van der Waals surface area (Å²) in [7, 11) is 0. The smallest absolute Gasteiger partial charge is 0.201 e. The van der Waals surface area contributed by atoms with Crippen LogP contribution in [0.2, 0.25) is 0 Å². The summed E-state index contributed by atoms with van der Waals surface area (Å²) in [5.74, 6) is 2.40. The summed E-state index contributed by atoms with van der Waals surface area (Å²) in [6, 6.07) is 14.6. The fourth-order valence-electron chi connectivity index (χ4n) is 4.92. The van der Waals surface area contributed by atoms with Crippen LogP contribution in [0.1, 0.15) is 53.3 Å². The van der Waals surface area contributed by atoms with Gasteiger partial charge in [0.15, 0.2) is 5.65 Å². The van der Waals surface area contributed by atoms with Crippen LogP contribution >= 0.6 is 0 Å². The van der Waals surface area contributed by atoms with E-state index in [1.165, 1.54) is 0 Å². The van der Waals surface area contributed by atoms with Crippen molar-refractivity contribution in [2.24, 2.45) is 0 Å². The molecular weight excluding hydrogens is 438 g/mol. The third-order valence-corrected chi connectivity index (χ3v) is 6.67. The molecule has 0 unspecified atom stereocenters. The standard InChI is InChI=1S/C27H25N7O/c1-5-22-29-25-16(3)11-12-28-27(25)34(22)19-9-10-20-18(13-19)14-35-21-8-6-7-15(2)23(21)24(20)17(4)26-30-32-33-31-26/h6-13H,5,14H2,1-4H3,(H,30,31,32,33)/b24-17-. The molecule has 1 N–H and O–H groups in total. The molecule has 5 aromatic rings. The molecule has 174 valence electrons. The average Bonchev–Trinajstić information content (AvgIpc) is 3.50. The maximum absolute atomic E-state index is 6.35. The molecule has 0 atom stereocenters. The molecule has 4 heterocycles. The van der Waals surface area contributed by atoms with Gasteiger partial charge >= 0.3 is 0 Å². The molecule has 35 heavy (non-hydrogen) atoms. The molecular formula is C27H25N7O. The summed E-state index contributed by atoms with van der Waals surface area (Å²) in [6.45, 7) is 8.77. The number of tetrazole rings is 1. The van der Waals surface area contributed by atoms with Crippen LogP contribution in [-0.4, -0.2) is 35.2 Å². The van der Waals surface area contributed by atoms with Crippen molar-refractivity contribution < 1.29 is 4.74 Å². The second-order valence-electron chi connectivity index (χ2n) is 8.83. The van der Waals surface area contributed by atoms with Crippen molar-refractivity contribution in [1.29, 1.82) is 0 Å². The summed E-state index contributed by atoms with van der Waals surface area (Å²) < 4.78 is 8.50. The van der Waals surface area contributed by atoms with E-state index in [0.717, 1.165) is 73.8 Å². The molecule has 0 amide bonds. The Morgan fingerprint density at radius 3 is 2.80 bits per heavy atom. The Hall–Kier alpha value is -4.33. The third-order valence-electron chi connectivity index (χ3n) is 6.67. The molecule has 0 aliphatic carbocycles. The number of allylic oxidation sites excluding steroid dienone is 1. The van der Waals surface area contributed by atoms with E-state index in [0.29, 0.717) is 12.4 Å². The van der Waals surface area contributed by atoms with Gasteiger partial charge in [-0.15, -0.1) is 10.2 Å². The maximum atomic E-state index is 6.35. The first-order chi connectivity index (χ1) is 17.1. The summed E-state index contributed by atoms with van der Waals surface area (Å²) in [4.78, 5) is 9.56. The number of H-pyrrole nitrogens is 1. The lowest BCUT2D eigenvalue weighted by molar-refractivity contribution is 0.307. The van der Waals surface area contributed by atoms with Crippen molar-refractivity contribution in [3.05, 3.63) is 88.1 Å². The second kappa shape index (κ2) is 8.16. The summed E-state index contributed by atoms with van der Waals surface area (Å²) in [6.07, 6.45) is 2.65. The number of aromatic nitrogens is 7. The number of fused-ring (bicyclic) bond motifs is 3. The van der Waals surface area contributed by atoms with E-state index in [-0.39, 0.29) is 0 Å². The van der Waals surface area contributed by atoms with Gasteiger partial charge in [0.2, 0.25) is 5.82 Å². The van der Waals surface area contributed by atoms with Gasteiger partial charge in [-0.2, -0.15) is 5.21 Å². The number of pyridine rings is 1. The average molecular weight is 464 g/mol. The molecule has 1 aliphatic rings. The highest BCUT2D eigenvalue weighted by atomic mass is 16.5. The van der Waals surface area contributed by atoms with Crippen molar-refractivity contribution in [1.82, 2.24) is 35.2 Å². The molecule has 8 heteroatoms. The van der Waals surface area contributed by atoms with Gasteiger partial charge in [-0.1, -0.05) is 25.1 Å². The molecule has 0 fully saturated rings.